The summed E-state index contributed by atoms with van der Waals surface area (Å²) in [6.45, 7) is 1.42. The highest BCUT2D eigenvalue weighted by Gasteiger charge is 2.61. The fourth-order valence-corrected chi connectivity index (χ4v) is 9.97. The van der Waals surface area contributed by atoms with E-state index in [0.29, 0.717) is 20.6 Å². The average Bonchev–Trinajstić information content (AvgIpc) is 3.83. The highest BCUT2D eigenvalue weighted by Crippen LogP contribution is 2.60. The van der Waals surface area contributed by atoms with Gasteiger partial charge in [-0.2, -0.15) is 26.3 Å². The lowest BCUT2D eigenvalue weighted by atomic mass is 9.59. The van der Waals surface area contributed by atoms with Crippen molar-refractivity contribution in [3.05, 3.63) is 179 Å². The van der Waals surface area contributed by atoms with Crippen molar-refractivity contribution >= 4 is 66.6 Å². The van der Waals surface area contributed by atoms with E-state index in [-0.39, 0.29) is 39.5 Å². The number of rotatable bonds is 6. The maximum absolute atomic E-state index is 17.2. The lowest BCUT2D eigenvalue weighted by Crippen LogP contribution is -2.68. The zero-order chi connectivity index (χ0) is 48.4. The lowest BCUT2D eigenvalue weighted by Gasteiger charge is -2.60. The highest BCUT2D eigenvalue weighted by atomic mass is 19.4. The molecule has 348 valence electrons. The van der Waals surface area contributed by atoms with Gasteiger partial charge in [0.1, 0.15) is 33.7 Å². The number of furan rings is 2. The molecule has 3 unspecified atom stereocenters. The number of para-hydroxylation sites is 4. The van der Waals surface area contributed by atoms with Crippen molar-refractivity contribution in [3.63, 3.8) is 0 Å². The molecule has 2 aromatic heterocycles. The normalized spacial score (nSPS) is 19.7. The Bertz CT molecular complexity index is 3440. The SMILES string of the molecule is CC12C=CC=CC(N(c3c(F)c(F)c(C(F)(F)F)c(F)c3F)c3cccc4c3oc3ccccc34)C1(N(c1c(F)c(F)c(C(F)(F)F)c(F)c1F)c1cccc3c1oc1ccccc13)CC=CC2. The average molecular weight is 955 g/mol. The molecule has 0 fully saturated rings. The van der Waals surface area contributed by atoms with Gasteiger partial charge < -0.3 is 18.6 Å². The number of hydrogen-bond donors (Lipinski definition) is 0. The molecule has 3 atom stereocenters. The Kier molecular flexibility index (Phi) is 10.1. The molecule has 0 saturated heterocycles. The van der Waals surface area contributed by atoms with E-state index in [4.69, 9.17) is 8.83 Å². The molecule has 10 rings (SSSR count). The van der Waals surface area contributed by atoms with Crippen LogP contribution in [0.15, 0.2) is 130 Å². The van der Waals surface area contributed by atoms with Gasteiger partial charge in [0, 0.05) is 27.0 Å². The molecule has 68 heavy (non-hydrogen) atoms. The molecule has 2 aliphatic rings. The Labute approximate surface area is 374 Å². The molecule has 6 aromatic carbocycles. The number of fused-ring (bicyclic) bond motifs is 7. The minimum absolute atomic E-state index is 0.136. The van der Waals surface area contributed by atoms with Crippen LogP contribution in [-0.2, 0) is 12.4 Å². The first-order valence-corrected chi connectivity index (χ1v) is 20.5. The molecule has 0 spiro atoms. The van der Waals surface area contributed by atoms with Crippen molar-refractivity contribution in [1.82, 2.24) is 0 Å². The molecule has 2 heterocycles. The molecule has 18 heteroatoms. The predicted octanol–water partition coefficient (Wildman–Crippen LogP) is 16.2. The standard InChI is InChI=1S/C50H28F14N2O2/c1-47-21-7-6-20-32(65(43-39(55)35(51)33(49(59,60)61)36(52)40(43)56)28-16-10-14-26-24-12-2-4-18-30(24)67-45(26)28)48(47,23-9-8-22-47)66(44-41(57)37(53)34(50(62,63)64)38(54)42(44)58)29-17-11-15-27-25-13-3-5-19-31(25)68-46(27)29/h2-21,32H,22-23H2,1H3. The highest BCUT2D eigenvalue weighted by molar-refractivity contribution is 6.11. The van der Waals surface area contributed by atoms with E-state index in [0.717, 1.165) is 18.2 Å². The summed E-state index contributed by atoms with van der Waals surface area (Å²) in [5, 5.41) is 1.10. The summed E-state index contributed by atoms with van der Waals surface area (Å²) in [6.07, 6.45) is -4.87. The summed E-state index contributed by atoms with van der Waals surface area (Å²) in [5.41, 5.74) is -15.2. The van der Waals surface area contributed by atoms with Gasteiger partial charge in [0.2, 0.25) is 0 Å². The van der Waals surface area contributed by atoms with Crippen molar-refractivity contribution < 1.29 is 70.3 Å². The summed E-state index contributed by atoms with van der Waals surface area (Å²) in [5.74, 6) is -22.0. The van der Waals surface area contributed by atoms with E-state index >= 15 is 35.1 Å². The van der Waals surface area contributed by atoms with Crippen LogP contribution in [-0.4, -0.2) is 11.6 Å². The maximum atomic E-state index is 17.2. The van der Waals surface area contributed by atoms with Crippen LogP contribution >= 0.6 is 0 Å². The van der Waals surface area contributed by atoms with Crippen LogP contribution in [0.4, 0.5) is 84.2 Å². The minimum atomic E-state index is -6.01. The molecule has 0 bridgehead atoms. The largest absolute Gasteiger partial charge is 0.454 e. The number of halogens is 14. The summed E-state index contributed by atoms with van der Waals surface area (Å²) in [4.78, 5) is 1.11. The minimum Gasteiger partial charge on any atom is -0.454 e. The Morgan fingerprint density at radius 3 is 1.46 bits per heavy atom. The molecule has 0 aliphatic heterocycles. The van der Waals surface area contributed by atoms with Crippen molar-refractivity contribution in [1.29, 1.82) is 0 Å². The first-order chi connectivity index (χ1) is 32.2. The zero-order valence-electron chi connectivity index (χ0n) is 34.5. The monoisotopic (exact) mass is 954 g/mol. The molecular weight excluding hydrogens is 927 g/mol. The molecule has 0 radical (unpaired) electrons. The molecule has 2 aliphatic carbocycles. The van der Waals surface area contributed by atoms with Crippen LogP contribution in [0, 0.1) is 52.0 Å². The molecule has 0 saturated carbocycles. The van der Waals surface area contributed by atoms with Gasteiger partial charge in [-0.05, 0) is 37.1 Å². The Morgan fingerprint density at radius 1 is 0.500 bits per heavy atom. The Balaban J connectivity index is 1.42. The van der Waals surface area contributed by atoms with Gasteiger partial charge in [0.15, 0.2) is 57.7 Å². The topological polar surface area (TPSA) is 32.8 Å². The molecule has 4 nitrogen and oxygen atoms in total. The predicted molar refractivity (Wildman–Crippen MR) is 226 cm³/mol. The van der Waals surface area contributed by atoms with Crippen molar-refractivity contribution in [3.8, 4) is 0 Å². The third-order valence-corrected chi connectivity index (χ3v) is 12.9. The van der Waals surface area contributed by atoms with Gasteiger partial charge in [-0.15, -0.1) is 0 Å². The number of benzene rings is 6. The van der Waals surface area contributed by atoms with E-state index in [2.05, 4.69) is 0 Å². The molecule has 0 amide bonds. The van der Waals surface area contributed by atoms with Crippen LogP contribution in [0.2, 0.25) is 0 Å². The van der Waals surface area contributed by atoms with Crippen molar-refractivity contribution in [2.75, 3.05) is 9.80 Å². The lowest BCUT2D eigenvalue weighted by molar-refractivity contribution is -0.144. The van der Waals surface area contributed by atoms with Gasteiger partial charge in [0.25, 0.3) is 0 Å². The number of hydrogen-bond acceptors (Lipinski definition) is 4. The summed E-state index contributed by atoms with van der Waals surface area (Å²) < 4.78 is 231. The third-order valence-electron chi connectivity index (χ3n) is 12.9. The number of anilines is 4. The van der Waals surface area contributed by atoms with Gasteiger partial charge in [-0.25, -0.2) is 35.1 Å². The smallest absolute Gasteiger partial charge is 0.422 e. The fraction of sp³-hybridized carbons (Fsp3) is 0.160. The quantitative estimate of drug-likeness (QED) is 0.0944. The van der Waals surface area contributed by atoms with E-state index < -0.39 is 116 Å². The van der Waals surface area contributed by atoms with Gasteiger partial charge in [-0.3, -0.25) is 0 Å². The molecular formula is C50H28F14N2O2. The van der Waals surface area contributed by atoms with Crippen LogP contribution < -0.4 is 9.80 Å². The molecule has 0 N–H and O–H groups in total. The van der Waals surface area contributed by atoms with Crippen molar-refractivity contribution in [2.45, 2.75) is 43.7 Å². The summed E-state index contributed by atoms with van der Waals surface area (Å²) >= 11 is 0. The van der Waals surface area contributed by atoms with Crippen LogP contribution in [0.25, 0.3) is 43.9 Å². The van der Waals surface area contributed by atoms with Crippen LogP contribution in [0.3, 0.4) is 0 Å². The number of alkyl halides is 6. The van der Waals surface area contributed by atoms with Gasteiger partial charge >= 0.3 is 12.4 Å². The van der Waals surface area contributed by atoms with Crippen LogP contribution in [0.5, 0.6) is 0 Å². The van der Waals surface area contributed by atoms with Crippen molar-refractivity contribution in [2.24, 2.45) is 5.41 Å². The van der Waals surface area contributed by atoms with E-state index in [1.165, 1.54) is 67.6 Å². The Hall–Kier alpha value is -7.24. The second-order valence-electron chi connectivity index (χ2n) is 16.6. The molecule has 8 aromatic rings. The third kappa shape index (κ3) is 6.27. The van der Waals surface area contributed by atoms with E-state index in [1.807, 2.05) is 0 Å². The second kappa shape index (κ2) is 15.4. The van der Waals surface area contributed by atoms with E-state index in [1.54, 1.807) is 42.5 Å². The zero-order valence-corrected chi connectivity index (χ0v) is 34.5. The first-order valence-electron chi connectivity index (χ1n) is 20.5. The van der Waals surface area contributed by atoms with E-state index in [9.17, 15) is 26.3 Å². The first kappa shape index (κ1) is 44.6. The van der Waals surface area contributed by atoms with Crippen LogP contribution in [0.1, 0.15) is 30.9 Å². The summed E-state index contributed by atoms with van der Waals surface area (Å²) in [6, 6.07) is 18.1. The van der Waals surface area contributed by atoms with Gasteiger partial charge in [0.05, 0.1) is 23.0 Å². The number of allylic oxidation sites excluding steroid dienone is 3. The Morgan fingerprint density at radius 2 is 0.941 bits per heavy atom. The second-order valence-corrected chi connectivity index (χ2v) is 16.6. The van der Waals surface area contributed by atoms with Gasteiger partial charge in [-0.1, -0.05) is 104 Å². The summed E-state index contributed by atoms with van der Waals surface area (Å²) in [7, 11) is 0. The fourth-order valence-electron chi connectivity index (χ4n) is 9.97. The number of nitrogens with zero attached hydrogens (tertiary/aromatic N) is 2. The maximum Gasteiger partial charge on any atom is 0.422 e.